The number of pyridine rings is 1. The zero-order valence-corrected chi connectivity index (χ0v) is 18.3. The highest BCUT2D eigenvalue weighted by molar-refractivity contribution is 6.33. The number of carbonyl (C=O) groups is 1. The maximum Gasteiger partial charge on any atom is 0.143 e. The molecule has 2 N–H and O–H groups in total. The number of benzene rings is 1. The molecule has 166 valence electrons. The molecule has 2 fully saturated rings. The van der Waals surface area contributed by atoms with Gasteiger partial charge in [0.15, 0.2) is 0 Å². The molecule has 0 spiro atoms. The Morgan fingerprint density at radius 3 is 2.90 bits per heavy atom. The average Bonchev–Trinajstić information content (AvgIpc) is 2.80. The molecule has 2 saturated heterocycles. The molecule has 3 heterocycles. The number of nitrogens with one attached hydrogen (secondary N) is 2. The van der Waals surface area contributed by atoms with Crippen LogP contribution in [0.4, 0.5) is 10.1 Å². The molecule has 0 radical (unpaired) electrons. The summed E-state index contributed by atoms with van der Waals surface area (Å²) in [6, 6.07) is 10.0. The lowest BCUT2D eigenvalue weighted by Crippen LogP contribution is -2.41. The number of hydrogen-bond acceptors (Lipinski definition) is 5. The maximum absolute atomic E-state index is 13.6. The van der Waals surface area contributed by atoms with Gasteiger partial charge in [0.1, 0.15) is 12.0 Å². The van der Waals surface area contributed by atoms with E-state index in [1.54, 1.807) is 6.20 Å². The molecule has 4 rings (SSSR count). The summed E-state index contributed by atoms with van der Waals surface area (Å²) < 4.78 is 19.1. The largest absolute Gasteiger partial charge is 0.385 e. The molecule has 2 aromatic rings. The Labute approximate surface area is 187 Å². The number of carbonyl (C=O) groups excluding carboxylic acids is 1. The molecule has 31 heavy (non-hydrogen) atoms. The van der Waals surface area contributed by atoms with Gasteiger partial charge in [-0.2, -0.15) is 0 Å². The number of aromatic nitrogens is 1. The fourth-order valence-corrected chi connectivity index (χ4v) is 4.48. The number of rotatable bonds is 7. The van der Waals surface area contributed by atoms with Crippen LogP contribution in [0.25, 0.3) is 11.1 Å². The van der Waals surface area contributed by atoms with Crippen molar-refractivity contribution in [2.45, 2.75) is 31.9 Å². The highest BCUT2D eigenvalue weighted by Gasteiger charge is 2.27. The van der Waals surface area contributed by atoms with E-state index in [-0.39, 0.29) is 24.5 Å². The molecule has 0 aliphatic carbocycles. The van der Waals surface area contributed by atoms with E-state index in [0.717, 1.165) is 49.4 Å². The SMILES string of the molecule is O=C(Cc1cc(-c2cccc(NCC3CCOCC3)c2)c(Cl)cn1)[C@H]1CNC[C@@H](F)C1. The smallest absolute Gasteiger partial charge is 0.143 e. The van der Waals surface area contributed by atoms with Crippen molar-refractivity contribution in [3.63, 3.8) is 0 Å². The van der Waals surface area contributed by atoms with Crippen LogP contribution in [0.2, 0.25) is 5.02 Å². The van der Waals surface area contributed by atoms with Crippen molar-refractivity contribution < 1.29 is 13.9 Å². The summed E-state index contributed by atoms with van der Waals surface area (Å²) in [6.07, 6.45) is 3.27. The molecule has 7 heteroatoms. The number of halogens is 2. The second-order valence-electron chi connectivity index (χ2n) is 8.50. The minimum atomic E-state index is -0.965. The van der Waals surface area contributed by atoms with Crippen molar-refractivity contribution in [1.29, 1.82) is 0 Å². The van der Waals surface area contributed by atoms with E-state index >= 15 is 0 Å². The van der Waals surface area contributed by atoms with Gasteiger partial charge in [0.2, 0.25) is 0 Å². The number of alkyl halides is 1. The fourth-order valence-electron chi connectivity index (χ4n) is 4.27. The normalized spacial score (nSPS) is 22.3. The van der Waals surface area contributed by atoms with Gasteiger partial charge in [0, 0.05) is 68.3 Å². The first-order chi connectivity index (χ1) is 15.1. The number of nitrogens with zero attached hydrogens (tertiary/aromatic N) is 1. The monoisotopic (exact) mass is 445 g/mol. The minimum absolute atomic E-state index is 0.0162. The van der Waals surface area contributed by atoms with Crippen LogP contribution in [-0.4, -0.2) is 49.8 Å². The Bertz CT molecular complexity index is 904. The van der Waals surface area contributed by atoms with Crippen molar-refractivity contribution in [1.82, 2.24) is 10.3 Å². The van der Waals surface area contributed by atoms with Gasteiger partial charge >= 0.3 is 0 Å². The van der Waals surface area contributed by atoms with Crippen LogP contribution in [0.5, 0.6) is 0 Å². The van der Waals surface area contributed by atoms with Gasteiger partial charge in [-0.25, -0.2) is 4.39 Å². The second-order valence-corrected chi connectivity index (χ2v) is 8.91. The zero-order chi connectivity index (χ0) is 21.6. The molecular weight excluding hydrogens is 417 g/mol. The van der Waals surface area contributed by atoms with Crippen LogP contribution in [-0.2, 0) is 16.0 Å². The first-order valence-corrected chi connectivity index (χ1v) is 11.4. The van der Waals surface area contributed by atoms with Crippen LogP contribution in [0.15, 0.2) is 36.5 Å². The summed E-state index contributed by atoms with van der Waals surface area (Å²) in [5.41, 5.74) is 3.52. The molecule has 2 aliphatic heterocycles. The summed E-state index contributed by atoms with van der Waals surface area (Å²) >= 11 is 6.44. The molecule has 0 saturated carbocycles. The molecule has 0 unspecified atom stereocenters. The third-order valence-electron chi connectivity index (χ3n) is 6.13. The lowest BCUT2D eigenvalue weighted by atomic mass is 9.91. The topological polar surface area (TPSA) is 63.2 Å². The maximum atomic E-state index is 13.6. The highest BCUT2D eigenvalue weighted by Crippen LogP contribution is 2.30. The quantitative estimate of drug-likeness (QED) is 0.665. The summed E-state index contributed by atoms with van der Waals surface area (Å²) in [7, 11) is 0. The van der Waals surface area contributed by atoms with Crippen LogP contribution < -0.4 is 10.6 Å². The van der Waals surface area contributed by atoms with Crippen molar-refractivity contribution >= 4 is 23.1 Å². The van der Waals surface area contributed by atoms with E-state index in [0.29, 0.717) is 29.7 Å². The van der Waals surface area contributed by atoms with E-state index in [9.17, 15) is 9.18 Å². The number of piperidine rings is 1. The predicted octanol–water partition coefficient (Wildman–Crippen LogP) is 4.30. The van der Waals surface area contributed by atoms with Crippen molar-refractivity contribution in [2.75, 3.05) is 38.2 Å². The molecule has 2 aliphatic rings. The molecule has 0 bridgehead atoms. The molecule has 5 nitrogen and oxygen atoms in total. The van der Waals surface area contributed by atoms with Gasteiger partial charge in [-0.05, 0) is 48.9 Å². The van der Waals surface area contributed by atoms with E-state index in [1.165, 1.54) is 0 Å². The lowest BCUT2D eigenvalue weighted by Gasteiger charge is -2.24. The minimum Gasteiger partial charge on any atom is -0.385 e. The predicted molar refractivity (Wildman–Crippen MR) is 121 cm³/mol. The molecule has 1 aromatic heterocycles. The van der Waals surface area contributed by atoms with Gasteiger partial charge in [-0.1, -0.05) is 23.7 Å². The van der Waals surface area contributed by atoms with Gasteiger partial charge in [0.05, 0.1) is 5.02 Å². The van der Waals surface area contributed by atoms with Crippen molar-refractivity contribution in [3.8, 4) is 11.1 Å². The van der Waals surface area contributed by atoms with Gasteiger partial charge in [-0.15, -0.1) is 0 Å². The van der Waals surface area contributed by atoms with Gasteiger partial charge in [0.25, 0.3) is 0 Å². The van der Waals surface area contributed by atoms with Crippen LogP contribution in [0, 0.1) is 11.8 Å². The molecule has 2 atom stereocenters. The Balaban J connectivity index is 1.44. The fraction of sp³-hybridized carbons (Fsp3) is 0.500. The van der Waals surface area contributed by atoms with E-state index in [2.05, 4.69) is 21.7 Å². The van der Waals surface area contributed by atoms with Gasteiger partial charge < -0.3 is 15.4 Å². The van der Waals surface area contributed by atoms with Crippen LogP contribution >= 0.6 is 11.6 Å². The molecule has 0 amide bonds. The van der Waals surface area contributed by atoms with E-state index in [4.69, 9.17) is 16.3 Å². The van der Waals surface area contributed by atoms with Crippen LogP contribution in [0.3, 0.4) is 0 Å². The number of ether oxygens (including phenoxy) is 1. The molecular formula is C24H29ClFN3O2. The Morgan fingerprint density at radius 1 is 1.26 bits per heavy atom. The zero-order valence-electron chi connectivity index (χ0n) is 17.6. The number of anilines is 1. The number of Topliss-reactive ketones (excluding diaryl/α,β-unsaturated/α-hetero) is 1. The van der Waals surface area contributed by atoms with Gasteiger partial charge in [-0.3, -0.25) is 9.78 Å². The first-order valence-electron chi connectivity index (χ1n) is 11.0. The number of hydrogen-bond donors (Lipinski definition) is 2. The highest BCUT2D eigenvalue weighted by atomic mass is 35.5. The summed E-state index contributed by atoms with van der Waals surface area (Å²) in [5.74, 6) is 0.336. The second kappa shape index (κ2) is 10.5. The molecule has 1 aromatic carbocycles. The summed E-state index contributed by atoms with van der Waals surface area (Å²) in [4.78, 5) is 17.0. The van der Waals surface area contributed by atoms with Crippen LogP contribution in [0.1, 0.15) is 25.0 Å². The lowest BCUT2D eigenvalue weighted by molar-refractivity contribution is -0.123. The Kier molecular flexibility index (Phi) is 7.54. The van der Waals surface area contributed by atoms with E-state index < -0.39 is 6.17 Å². The summed E-state index contributed by atoms with van der Waals surface area (Å²) in [5, 5.41) is 7.06. The Morgan fingerprint density at radius 2 is 2.10 bits per heavy atom. The first kappa shape index (κ1) is 22.2. The average molecular weight is 446 g/mol. The third-order valence-corrected chi connectivity index (χ3v) is 6.43. The Hall–Kier alpha value is -2.02. The summed E-state index contributed by atoms with van der Waals surface area (Å²) in [6.45, 7) is 3.45. The standard InChI is InChI=1S/C24H29ClFN3O2/c25-23-15-29-21(11-24(30)18-8-19(26)14-27-13-18)10-22(23)17-2-1-3-20(9-17)28-12-16-4-6-31-7-5-16/h1-3,9-10,15-16,18-19,27-28H,4-8,11-14H2/t18-,19+/m1/s1. The van der Waals surface area contributed by atoms with Crippen molar-refractivity contribution in [2.24, 2.45) is 11.8 Å². The van der Waals surface area contributed by atoms with E-state index in [1.807, 2.05) is 24.3 Å². The van der Waals surface area contributed by atoms with Crippen molar-refractivity contribution in [3.05, 3.63) is 47.2 Å². The third kappa shape index (κ3) is 6.03. The number of ketones is 1.